The summed E-state index contributed by atoms with van der Waals surface area (Å²) < 4.78 is 52.6. The molecule has 0 aliphatic heterocycles. The third kappa shape index (κ3) is 4.66. The largest absolute Gasteiger partial charge is 0.453 e. The third-order valence-corrected chi connectivity index (χ3v) is 1.74. The molecule has 0 unspecified atom stereocenters. The standard InChI is InChI=1S/C5H4BrClF4O2/c6-5(10,11)4(8,9)1-2-13-3(7)12/h1-2H2. The Morgan fingerprint density at radius 2 is 1.85 bits per heavy atom. The highest BCUT2D eigenvalue weighted by Crippen LogP contribution is 2.41. The van der Waals surface area contributed by atoms with E-state index in [1.165, 1.54) is 15.9 Å². The van der Waals surface area contributed by atoms with Gasteiger partial charge in [-0.05, 0) is 15.9 Å². The Bertz CT molecular complexity index is 193. The lowest BCUT2D eigenvalue weighted by atomic mass is 10.2. The summed E-state index contributed by atoms with van der Waals surface area (Å²) in [6.07, 6.45) is -1.30. The molecule has 0 aromatic rings. The lowest BCUT2D eigenvalue weighted by molar-refractivity contribution is -0.155. The van der Waals surface area contributed by atoms with Gasteiger partial charge in [0.1, 0.15) is 0 Å². The van der Waals surface area contributed by atoms with Gasteiger partial charge in [0.25, 0.3) is 0 Å². The summed E-state index contributed by atoms with van der Waals surface area (Å²) in [6, 6.07) is 0. The molecule has 0 heterocycles. The van der Waals surface area contributed by atoms with Crippen molar-refractivity contribution in [2.24, 2.45) is 0 Å². The number of halogens is 6. The van der Waals surface area contributed by atoms with Crippen molar-refractivity contribution in [2.45, 2.75) is 17.2 Å². The van der Waals surface area contributed by atoms with Crippen molar-refractivity contribution in [2.75, 3.05) is 6.61 Å². The van der Waals surface area contributed by atoms with Gasteiger partial charge in [0.05, 0.1) is 13.0 Å². The van der Waals surface area contributed by atoms with Crippen molar-refractivity contribution in [1.82, 2.24) is 0 Å². The first-order valence-corrected chi connectivity index (χ1v) is 4.11. The number of ether oxygens (including phenoxy) is 1. The quantitative estimate of drug-likeness (QED) is 0.450. The first-order chi connectivity index (χ1) is 5.67. The van der Waals surface area contributed by atoms with Crippen LogP contribution in [0.1, 0.15) is 6.42 Å². The van der Waals surface area contributed by atoms with Crippen molar-refractivity contribution in [1.29, 1.82) is 0 Å². The number of rotatable bonds is 4. The fraction of sp³-hybridized carbons (Fsp3) is 0.800. The van der Waals surface area contributed by atoms with Crippen LogP contribution in [0, 0.1) is 0 Å². The molecule has 0 aromatic carbocycles. The van der Waals surface area contributed by atoms with Crippen LogP contribution in [0.2, 0.25) is 0 Å². The zero-order valence-corrected chi connectivity index (χ0v) is 8.34. The molecule has 0 atom stereocenters. The zero-order valence-electron chi connectivity index (χ0n) is 6.00. The smallest absolute Gasteiger partial charge is 0.403 e. The molecular formula is C5H4BrClF4O2. The predicted molar refractivity (Wildman–Crippen MR) is 40.6 cm³/mol. The minimum atomic E-state index is -4.32. The molecule has 0 aliphatic rings. The fourth-order valence-electron chi connectivity index (χ4n) is 0.401. The molecular weight excluding hydrogens is 283 g/mol. The van der Waals surface area contributed by atoms with Gasteiger partial charge in [-0.1, -0.05) is 0 Å². The number of carbonyl (C=O) groups is 1. The van der Waals surface area contributed by atoms with Gasteiger partial charge in [-0.15, -0.1) is 0 Å². The van der Waals surface area contributed by atoms with E-state index in [-0.39, 0.29) is 0 Å². The Balaban J connectivity index is 3.97. The van der Waals surface area contributed by atoms with Crippen LogP contribution >= 0.6 is 27.5 Å². The molecule has 13 heavy (non-hydrogen) atoms. The van der Waals surface area contributed by atoms with E-state index >= 15 is 0 Å². The van der Waals surface area contributed by atoms with Gasteiger partial charge in [0.2, 0.25) is 0 Å². The maximum absolute atomic E-state index is 12.3. The number of hydrogen-bond acceptors (Lipinski definition) is 2. The zero-order chi connectivity index (χ0) is 10.7. The first kappa shape index (κ1) is 13.0. The van der Waals surface area contributed by atoms with Gasteiger partial charge in [0.15, 0.2) is 0 Å². The lowest BCUT2D eigenvalue weighted by Crippen LogP contribution is -2.36. The Labute approximate surface area is 84.3 Å². The molecule has 0 fully saturated rings. The van der Waals surface area contributed by atoms with Crippen molar-refractivity contribution in [3.63, 3.8) is 0 Å². The minimum absolute atomic E-state index is 0.865. The van der Waals surface area contributed by atoms with E-state index < -0.39 is 29.2 Å². The van der Waals surface area contributed by atoms with E-state index in [1.807, 2.05) is 0 Å². The van der Waals surface area contributed by atoms with Crippen molar-refractivity contribution in [3.8, 4) is 0 Å². The van der Waals surface area contributed by atoms with Crippen LogP contribution in [0.5, 0.6) is 0 Å². The highest BCUT2D eigenvalue weighted by atomic mass is 79.9. The Hall–Kier alpha value is -0.0400. The van der Waals surface area contributed by atoms with E-state index in [0.717, 1.165) is 0 Å². The molecule has 0 bridgehead atoms. The lowest BCUT2D eigenvalue weighted by Gasteiger charge is -2.20. The van der Waals surface area contributed by atoms with Gasteiger partial charge in [-0.25, -0.2) is 4.79 Å². The topological polar surface area (TPSA) is 26.3 Å². The second-order valence-electron chi connectivity index (χ2n) is 2.04. The average Bonchev–Trinajstić information content (AvgIpc) is 1.82. The van der Waals surface area contributed by atoms with Gasteiger partial charge in [-0.2, -0.15) is 17.6 Å². The van der Waals surface area contributed by atoms with E-state index in [0.29, 0.717) is 0 Å². The van der Waals surface area contributed by atoms with Gasteiger partial charge in [0, 0.05) is 11.6 Å². The highest BCUT2D eigenvalue weighted by molar-refractivity contribution is 9.10. The summed E-state index contributed by atoms with van der Waals surface area (Å²) in [5, 5.41) is 0. The summed E-state index contributed by atoms with van der Waals surface area (Å²) in [4.78, 5) is 5.56. The second kappa shape index (κ2) is 4.45. The van der Waals surface area contributed by atoms with E-state index in [2.05, 4.69) is 16.3 Å². The van der Waals surface area contributed by atoms with Crippen LogP contribution in [-0.4, -0.2) is 22.8 Å². The maximum atomic E-state index is 12.3. The summed E-state index contributed by atoms with van der Waals surface area (Å²) in [5.74, 6) is -4.28. The molecule has 0 saturated heterocycles. The normalized spacial score (nSPS) is 12.8. The third-order valence-electron chi connectivity index (χ3n) is 1.05. The Morgan fingerprint density at radius 1 is 1.38 bits per heavy atom. The highest BCUT2D eigenvalue weighted by Gasteiger charge is 2.53. The summed E-state index contributed by atoms with van der Waals surface area (Å²) in [5.41, 5.74) is -1.31. The van der Waals surface area contributed by atoms with Crippen LogP contribution in [0.3, 0.4) is 0 Å². The molecule has 0 spiro atoms. The summed E-state index contributed by atoms with van der Waals surface area (Å²) in [6.45, 7) is -0.865. The number of hydrogen-bond donors (Lipinski definition) is 0. The van der Waals surface area contributed by atoms with E-state index in [4.69, 9.17) is 0 Å². The van der Waals surface area contributed by atoms with Gasteiger partial charge >= 0.3 is 16.2 Å². The van der Waals surface area contributed by atoms with Crippen LogP contribution in [0.4, 0.5) is 22.4 Å². The first-order valence-electron chi connectivity index (χ1n) is 2.93. The molecule has 0 amide bonds. The monoisotopic (exact) mass is 286 g/mol. The van der Waals surface area contributed by atoms with Crippen LogP contribution in [-0.2, 0) is 4.74 Å². The number of carbonyl (C=O) groups excluding carboxylic acids is 1. The van der Waals surface area contributed by atoms with Crippen LogP contribution < -0.4 is 0 Å². The van der Waals surface area contributed by atoms with Gasteiger partial charge in [-0.3, -0.25) is 0 Å². The molecule has 0 rings (SSSR count). The summed E-state index contributed by atoms with van der Waals surface area (Å²) in [7, 11) is 0. The molecule has 2 nitrogen and oxygen atoms in total. The SMILES string of the molecule is O=C(Cl)OCCC(F)(F)C(F)(F)Br. The fourth-order valence-corrected chi connectivity index (χ4v) is 0.677. The molecule has 0 aromatic heterocycles. The molecule has 8 heteroatoms. The average molecular weight is 287 g/mol. The maximum Gasteiger partial charge on any atom is 0.403 e. The van der Waals surface area contributed by atoms with E-state index in [1.54, 1.807) is 0 Å². The van der Waals surface area contributed by atoms with Crippen molar-refractivity contribution >= 4 is 33.0 Å². The molecule has 0 saturated carbocycles. The molecule has 78 valence electrons. The van der Waals surface area contributed by atoms with Crippen LogP contribution in [0.15, 0.2) is 0 Å². The van der Waals surface area contributed by atoms with Gasteiger partial charge < -0.3 is 4.74 Å². The predicted octanol–water partition coefficient (Wildman–Crippen LogP) is 3.37. The van der Waals surface area contributed by atoms with Crippen molar-refractivity contribution in [3.05, 3.63) is 0 Å². The second-order valence-corrected chi connectivity index (χ2v) is 3.34. The Morgan fingerprint density at radius 3 is 2.15 bits per heavy atom. The van der Waals surface area contributed by atoms with E-state index in [9.17, 15) is 22.4 Å². The molecule has 0 radical (unpaired) electrons. The Kier molecular flexibility index (Phi) is 4.44. The minimum Gasteiger partial charge on any atom is -0.453 e. The molecule has 0 N–H and O–H groups in total. The molecule has 0 aliphatic carbocycles. The van der Waals surface area contributed by atoms with Crippen LogP contribution in [0.25, 0.3) is 0 Å². The summed E-state index contributed by atoms with van der Waals surface area (Å²) >= 11 is 6.13. The van der Waals surface area contributed by atoms with Crippen molar-refractivity contribution < 1.29 is 27.1 Å². The number of alkyl halides is 5.